The second-order valence-corrected chi connectivity index (χ2v) is 9.00. The Morgan fingerprint density at radius 1 is 1.22 bits per heavy atom. The van der Waals surface area contributed by atoms with Crippen molar-refractivity contribution >= 4 is 11.7 Å². The van der Waals surface area contributed by atoms with Gasteiger partial charge in [0, 0.05) is 56.3 Å². The van der Waals surface area contributed by atoms with Crippen molar-refractivity contribution < 1.29 is 4.79 Å². The van der Waals surface area contributed by atoms with E-state index in [4.69, 9.17) is 4.98 Å². The Hall–Kier alpha value is -1.69. The molecule has 0 aromatic carbocycles. The molecule has 2 aliphatic heterocycles. The van der Waals surface area contributed by atoms with Crippen LogP contribution in [0.5, 0.6) is 0 Å². The Morgan fingerprint density at radius 3 is 2.70 bits per heavy atom. The molecule has 2 fully saturated rings. The minimum atomic E-state index is 0.204. The van der Waals surface area contributed by atoms with Gasteiger partial charge in [-0.15, -0.1) is 0 Å². The highest BCUT2D eigenvalue weighted by Crippen LogP contribution is 2.40. The summed E-state index contributed by atoms with van der Waals surface area (Å²) in [5.41, 5.74) is 1.32. The average Bonchev–Trinajstić information content (AvgIpc) is 2.62. The summed E-state index contributed by atoms with van der Waals surface area (Å²) in [6.45, 7) is 11.0. The number of carbonyl (C=O) groups is 1. The molecular formula is C21H35N5O. The molecule has 6 nitrogen and oxygen atoms in total. The van der Waals surface area contributed by atoms with Gasteiger partial charge in [0.15, 0.2) is 0 Å². The molecule has 3 rings (SSSR count). The Kier molecular flexibility index (Phi) is 6.04. The van der Waals surface area contributed by atoms with Crippen molar-refractivity contribution in [2.75, 3.05) is 51.7 Å². The number of anilines is 1. The summed E-state index contributed by atoms with van der Waals surface area (Å²) >= 11 is 0. The van der Waals surface area contributed by atoms with Gasteiger partial charge in [-0.25, -0.2) is 9.97 Å². The summed E-state index contributed by atoms with van der Waals surface area (Å²) in [6, 6.07) is 2.16. The normalized spacial score (nSPS) is 23.7. The van der Waals surface area contributed by atoms with E-state index in [1.807, 2.05) is 6.92 Å². The molecule has 150 valence electrons. The topological polar surface area (TPSA) is 52.6 Å². The first kappa shape index (κ1) is 20.1. The highest BCUT2D eigenvalue weighted by molar-refractivity contribution is 5.77. The van der Waals surface area contributed by atoms with E-state index in [9.17, 15) is 4.79 Å². The predicted molar refractivity (Wildman–Crippen MR) is 109 cm³/mol. The van der Waals surface area contributed by atoms with Crippen LogP contribution in [0.25, 0.3) is 0 Å². The molecule has 3 heterocycles. The molecule has 1 amide bonds. The van der Waals surface area contributed by atoms with E-state index >= 15 is 0 Å². The van der Waals surface area contributed by atoms with E-state index in [0.29, 0.717) is 18.2 Å². The second kappa shape index (κ2) is 8.13. The lowest BCUT2D eigenvalue weighted by molar-refractivity contribution is -0.138. The van der Waals surface area contributed by atoms with Crippen molar-refractivity contribution in [3.05, 3.63) is 17.6 Å². The van der Waals surface area contributed by atoms with Gasteiger partial charge >= 0.3 is 0 Å². The largest absolute Gasteiger partial charge is 0.356 e. The molecule has 0 N–H and O–H groups in total. The number of likely N-dealkylation sites (tertiary alicyclic amines) is 1. The zero-order valence-corrected chi connectivity index (χ0v) is 17.7. The minimum absolute atomic E-state index is 0.204. The Labute approximate surface area is 164 Å². The third kappa shape index (κ3) is 4.78. The van der Waals surface area contributed by atoms with E-state index in [2.05, 4.69) is 53.7 Å². The summed E-state index contributed by atoms with van der Waals surface area (Å²) in [5, 5.41) is 0. The second-order valence-electron chi connectivity index (χ2n) is 9.00. The molecule has 2 aliphatic rings. The lowest BCUT2D eigenvalue weighted by Gasteiger charge is -2.48. The molecule has 0 saturated carbocycles. The monoisotopic (exact) mass is 373 g/mol. The third-order valence-corrected chi connectivity index (χ3v) is 5.99. The minimum Gasteiger partial charge on any atom is -0.356 e. The molecule has 27 heavy (non-hydrogen) atoms. The smallest absolute Gasteiger partial charge is 0.222 e. The van der Waals surface area contributed by atoms with Crippen LogP contribution in [0.3, 0.4) is 0 Å². The molecule has 0 radical (unpaired) electrons. The number of aromatic nitrogens is 2. The summed E-state index contributed by atoms with van der Waals surface area (Å²) in [6.07, 6.45) is 4.05. The first-order valence-corrected chi connectivity index (χ1v) is 10.3. The molecule has 1 aromatic heterocycles. The van der Waals surface area contributed by atoms with Gasteiger partial charge in [0.05, 0.1) is 0 Å². The number of aryl methyl sites for hydroxylation is 1. The standard InChI is InChI=1S/C21H35N5O/c1-16(2)18-13-19(23-17(3)22-18)25-10-6-8-21(14-25)9-7-20(27)26(15-21)12-11-24(4)5/h13,16H,6-12,14-15H2,1-5H3/t21-/m0/s1. The zero-order chi connectivity index (χ0) is 19.6. The molecule has 1 atom stereocenters. The number of carbonyl (C=O) groups excluding carboxylic acids is 1. The van der Waals surface area contributed by atoms with Gasteiger partial charge < -0.3 is 14.7 Å². The number of hydrogen-bond donors (Lipinski definition) is 0. The van der Waals surface area contributed by atoms with Gasteiger partial charge in [0.1, 0.15) is 11.6 Å². The van der Waals surface area contributed by atoms with Crippen LogP contribution in [-0.2, 0) is 4.79 Å². The first-order chi connectivity index (χ1) is 12.8. The molecule has 0 aliphatic carbocycles. The van der Waals surface area contributed by atoms with Gasteiger partial charge in [-0.05, 0) is 46.2 Å². The van der Waals surface area contributed by atoms with Gasteiger partial charge in [0.25, 0.3) is 0 Å². The van der Waals surface area contributed by atoms with Crippen LogP contribution in [0.1, 0.15) is 57.0 Å². The van der Waals surface area contributed by atoms with Gasteiger partial charge in [-0.2, -0.15) is 0 Å². The average molecular weight is 374 g/mol. The lowest BCUT2D eigenvalue weighted by Crippen LogP contribution is -2.55. The molecular weight excluding hydrogens is 338 g/mol. The van der Waals surface area contributed by atoms with Crippen molar-refractivity contribution in [3.63, 3.8) is 0 Å². The number of rotatable bonds is 5. The fourth-order valence-corrected chi connectivity index (χ4v) is 4.40. The molecule has 2 saturated heterocycles. The van der Waals surface area contributed by atoms with Crippen LogP contribution in [-0.4, -0.2) is 72.5 Å². The maximum absolute atomic E-state index is 12.4. The highest BCUT2D eigenvalue weighted by Gasteiger charge is 2.42. The number of piperidine rings is 2. The van der Waals surface area contributed by atoms with Crippen LogP contribution < -0.4 is 4.90 Å². The third-order valence-electron chi connectivity index (χ3n) is 5.99. The number of nitrogens with zero attached hydrogens (tertiary/aromatic N) is 5. The van der Waals surface area contributed by atoms with Gasteiger partial charge in [-0.1, -0.05) is 13.8 Å². The SMILES string of the molecule is Cc1nc(C(C)C)cc(N2CCC[C@]3(CCC(=O)N(CCN(C)C)C3)C2)n1. The van der Waals surface area contributed by atoms with Gasteiger partial charge in [-0.3, -0.25) is 4.79 Å². The quantitative estimate of drug-likeness (QED) is 0.794. The molecule has 0 bridgehead atoms. The van der Waals surface area contributed by atoms with Crippen molar-refractivity contribution in [1.82, 2.24) is 19.8 Å². The van der Waals surface area contributed by atoms with E-state index < -0.39 is 0 Å². The Morgan fingerprint density at radius 2 is 2.00 bits per heavy atom. The summed E-state index contributed by atoms with van der Waals surface area (Å²) in [5.74, 6) is 2.63. The maximum atomic E-state index is 12.4. The number of likely N-dealkylation sites (N-methyl/N-ethyl adjacent to an activating group) is 1. The van der Waals surface area contributed by atoms with E-state index in [-0.39, 0.29) is 5.41 Å². The van der Waals surface area contributed by atoms with Crippen molar-refractivity contribution in [2.45, 2.75) is 52.4 Å². The molecule has 6 heteroatoms. The number of amides is 1. The van der Waals surface area contributed by atoms with Crippen LogP contribution in [0, 0.1) is 12.3 Å². The molecule has 0 unspecified atom stereocenters. The number of hydrogen-bond acceptors (Lipinski definition) is 5. The first-order valence-electron chi connectivity index (χ1n) is 10.3. The summed E-state index contributed by atoms with van der Waals surface area (Å²) in [7, 11) is 4.13. The van der Waals surface area contributed by atoms with E-state index in [1.54, 1.807) is 0 Å². The summed E-state index contributed by atoms with van der Waals surface area (Å²) < 4.78 is 0. The Bertz CT molecular complexity index is 675. The van der Waals surface area contributed by atoms with Crippen LogP contribution >= 0.6 is 0 Å². The maximum Gasteiger partial charge on any atom is 0.222 e. The fourth-order valence-electron chi connectivity index (χ4n) is 4.40. The highest BCUT2D eigenvalue weighted by atomic mass is 16.2. The van der Waals surface area contributed by atoms with Crippen molar-refractivity contribution in [3.8, 4) is 0 Å². The predicted octanol–water partition coefficient (Wildman–Crippen LogP) is 2.68. The van der Waals surface area contributed by atoms with Crippen molar-refractivity contribution in [1.29, 1.82) is 0 Å². The van der Waals surface area contributed by atoms with Gasteiger partial charge in [0.2, 0.25) is 5.91 Å². The van der Waals surface area contributed by atoms with Crippen LogP contribution in [0.15, 0.2) is 6.07 Å². The fraction of sp³-hybridized carbons (Fsp3) is 0.762. The van der Waals surface area contributed by atoms with E-state index in [1.165, 1.54) is 6.42 Å². The summed E-state index contributed by atoms with van der Waals surface area (Å²) in [4.78, 5) is 28.4. The van der Waals surface area contributed by atoms with E-state index in [0.717, 1.165) is 62.9 Å². The molecule has 1 aromatic rings. The Balaban J connectivity index is 1.76. The van der Waals surface area contributed by atoms with Crippen LogP contribution in [0.2, 0.25) is 0 Å². The van der Waals surface area contributed by atoms with Crippen molar-refractivity contribution in [2.24, 2.45) is 5.41 Å². The lowest BCUT2D eigenvalue weighted by atomic mass is 9.73. The van der Waals surface area contributed by atoms with Crippen LogP contribution in [0.4, 0.5) is 5.82 Å². The zero-order valence-electron chi connectivity index (χ0n) is 17.7. The molecule has 1 spiro atoms.